The highest BCUT2D eigenvalue weighted by Crippen LogP contribution is 2.24. The number of hydrogen-bond donors (Lipinski definition) is 1. The Morgan fingerprint density at radius 2 is 1.58 bits per heavy atom. The zero-order valence-corrected chi connectivity index (χ0v) is 15.2. The Morgan fingerprint density at radius 1 is 0.846 bits per heavy atom. The molecular weight excluding hydrogens is 320 g/mol. The largest absolute Gasteiger partial charge is 0.372 e. The third-order valence-electron chi connectivity index (χ3n) is 4.85. The van der Waals surface area contributed by atoms with Crippen molar-refractivity contribution in [1.82, 2.24) is 9.97 Å². The second kappa shape index (κ2) is 7.56. The van der Waals surface area contributed by atoms with Crippen molar-refractivity contribution in [3.63, 3.8) is 0 Å². The first-order valence-electron chi connectivity index (χ1n) is 9.30. The standard InChI is InChI=1S/C22H24N4/c1-17-5-7-18(8-6-17)21-13-14-23-22(25-21)24-19-9-11-20(12-10-19)26-15-3-2-4-16-26/h5-14H,2-4,15-16H2,1H3,(H,23,24,25). The fourth-order valence-electron chi connectivity index (χ4n) is 3.34. The summed E-state index contributed by atoms with van der Waals surface area (Å²) in [6.07, 6.45) is 5.73. The minimum absolute atomic E-state index is 0.619. The van der Waals surface area contributed by atoms with E-state index in [1.165, 1.54) is 30.5 Å². The maximum atomic E-state index is 4.65. The van der Waals surface area contributed by atoms with Crippen LogP contribution in [0.25, 0.3) is 11.3 Å². The lowest BCUT2D eigenvalue weighted by atomic mass is 10.1. The highest BCUT2D eigenvalue weighted by atomic mass is 15.1. The van der Waals surface area contributed by atoms with E-state index in [9.17, 15) is 0 Å². The summed E-state index contributed by atoms with van der Waals surface area (Å²) < 4.78 is 0. The zero-order valence-electron chi connectivity index (χ0n) is 15.2. The average molecular weight is 344 g/mol. The van der Waals surface area contributed by atoms with Crippen molar-refractivity contribution >= 4 is 17.3 Å². The van der Waals surface area contributed by atoms with Gasteiger partial charge in [0.15, 0.2) is 0 Å². The number of nitrogens with one attached hydrogen (secondary N) is 1. The smallest absolute Gasteiger partial charge is 0.227 e. The van der Waals surface area contributed by atoms with Crippen molar-refractivity contribution in [1.29, 1.82) is 0 Å². The molecule has 1 aliphatic heterocycles. The fraction of sp³-hybridized carbons (Fsp3) is 0.273. The Balaban J connectivity index is 1.48. The van der Waals surface area contributed by atoms with Crippen LogP contribution in [0.4, 0.5) is 17.3 Å². The molecule has 26 heavy (non-hydrogen) atoms. The summed E-state index contributed by atoms with van der Waals surface area (Å²) in [4.78, 5) is 11.5. The van der Waals surface area contributed by atoms with Crippen molar-refractivity contribution in [2.24, 2.45) is 0 Å². The lowest BCUT2D eigenvalue weighted by Crippen LogP contribution is -2.29. The Morgan fingerprint density at radius 3 is 2.31 bits per heavy atom. The van der Waals surface area contributed by atoms with Gasteiger partial charge in [-0.05, 0) is 56.5 Å². The third kappa shape index (κ3) is 3.85. The van der Waals surface area contributed by atoms with Crippen LogP contribution in [0.5, 0.6) is 0 Å². The first-order chi connectivity index (χ1) is 12.8. The number of rotatable bonds is 4. The Bertz CT molecular complexity index is 850. The first kappa shape index (κ1) is 16.6. The van der Waals surface area contributed by atoms with E-state index in [2.05, 4.69) is 75.6 Å². The maximum Gasteiger partial charge on any atom is 0.227 e. The van der Waals surface area contributed by atoms with Gasteiger partial charge in [-0.1, -0.05) is 29.8 Å². The Labute approximate surface area is 154 Å². The Kier molecular flexibility index (Phi) is 4.82. The molecule has 0 atom stereocenters. The molecule has 132 valence electrons. The van der Waals surface area contributed by atoms with Crippen LogP contribution in [-0.4, -0.2) is 23.1 Å². The van der Waals surface area contributed by atoms with Gasteiger partial charge in [-0.25, -0.2) is 9.97 Å². The van der Waals surface area contributed by atoms with Gasteiger partial charge in [-0.15, -0.1) is 0 Å². The van der Waals surface area contributed by atoms with Crippen molar-refractivity contribution in [3.05, 3.63) is 66.4 Å². The predicted molar refractivity (Wildman–Crippen MR) is 108 cm³/mol. The minimum atomic E-state index is 0.619. The molecule has 0 radical (unpaired) electrons. The van der Waals surface area contributed by atoms with Gasteiger partial charge >= 0.3 is 0 Å². The highest BCUT2D eigenvalue weighted by molar-refractivity contribution is 5.63. The second-order valence-corrected chi connectivity index (χ2v) is 6.85. The van der Waals surface area contributed by atoms with Gasteiger partial charge < -0.3 is 10.2 Å². The highest BCUT2D eigenvalue weighted by Gasteiger charge is 2.10. The summed E-state index contributed by atoms with van der Waals surface area (Å²) in [5.74, 6) is 0.619. The average Bonchev–Trinajstić information content (AvgIpc) is 2.70. The van der Waals surface area contributed by atoms with Gasteiger partial charge in [-0.2, -0.15) is 0 Å². The van der Waals surface area contributed by atoms with Crippen molar-refractivity contribution in [3.8, 4) is 11.3 Å². The van der Waals surface area contributed by atoms with E-state index in [4.69, 9.17) is 0 Å². The van der Waals surface area contributed by atoms with Crippen LogP contribution in [0, 0.1) is 6.92 Å². The molecule has 1 fully saturated rings. The SMILES string of the molecule is Cc1ccc(-c2ccnc(Nc3ccc(N4CCCCC4)cc3)n2)cc1. The molecule has 4 heteroatoms. The Hall–Kier alpha value is -2.88. The molecule has 3 aromatic rings. The van der Waals surface area contributed by atoms with Crippen LogP contribution in [0.1, 0.15) is 24.8 Å². The molecule has 0 spiro atoms. The van der Waals surface area contributed by atoms with E-state index >= 15 is 0 Å². The number of nitrogens with zero attached hydrogens (tertiary/aromatic N) is 3. The number of piperidine rings is 1. The van der Waals surface area contributed by atoms with Gasteiger partial charge in [0.05, 0.1) is 5.69 Å². The number of aryl methyl sites for hydroxylation is 1. The topological polar surface area (TPSA) is 41.1 Å². The van der Waals surface area contributed by atoms with Gasteiger partial charge in [0, 0.05) is 36.2 Å². The molecule has 1 saturated heterocycles. The van der Waals surface area contributed by atoms with E-state index in [1.807, 2.05) is 6.07 Å². The number of anilines is 3. The van der Waals surface area contributed by atoms with Crippen LogP contribution >= 0.6 is 0 Å². The summed E-state index contributed by atoms with van der Waals surface area (Å²) in [7, 11) is 0. The normalized spacial score (nSPS) is 14.3. The van der Waals surface area contributed by atoms with Gasteiger partial charge in [0.2, 0.25) is 5.95 Å². The number of aromatic nitrogens is 2. The summed E-state index contributed by atoms with van der Waals surface area (Å²) in [5.41, 5.74) is 5.57. The van der Waals surface area contributed by atoms with Gasteiger partial charge in [0.25, 0.3) is 0 Å². The van der Waals surface area contributed by atoms with Crippen molar-refractivity contribution < 1.29 is 0 Å². The summed E-state index contributed by atoms with van der Waals surface area (Å²) in [6, 6.07) is 18.9. The van der Waals surface area contributed by atoms with E-state index in [0.29, 0.717) is 5.95 Å². The third-order valence-corrected chi connectivity index (χ3v) is 4.85. The minimum Gasteiger partial charge on any atom is -0.372 e. The summed E-state index contributed by atoms with van der Waals surface area (Å²) >= 11 is 0. The summed E-state index contributed by atoms with van der Waals surface area (Å²) in [6.45, 7) is 4.41. The molecule has 2 heterocycles. The van der Waals surface area contributed by atoms with Crippen molar-refractivity contribution in [2.45, 2.75) is 26.2 Å². The maximum absolute atomic E-state index is 4.65. The summed E-state index contributed by atoms with van der Waals surface area (Å²) in [5, 5.41) is 3.31. The molecule has 4 rings (SSSR count). The molecule has 0 unspecified atom stereocenters. The van der Waals surface area contributed by atoms with Crippen molar-refractivity contribution in [2.75, 3.05) is 23.3 Å². The molecule has 1 aliphatic rings. The van der Waals surface area contributed by atoms with Gasteiger partial charge in [-0.3, -0.25) is 0 Å². The molecule has 1 aromatic heterocycles. The monoisotopic (exact) mass is 344 g/mol. The first-order valence-corrected chi connectivity index (χ1v) is 9.30. The number of hydrogen-bond acceptors (Lipinski definition) is 4. The van der Waals surface area contributed by atoms with E-state index < -0.39 is 0 Å². The fourth-order valence-corrected chi connectivity index (χ4v) is 3.34. The van der Waals surface area contributed by atoms with Crippen LogP contribution < -0.4 is 10.2 Å². The second-order valence-electron chi connectivity index (χ2n) is 6.85. The van der Waals surface area contributed by atoms with Crippen LogP contribution in [0.2, 0.25) is 0 Å². The molecular formula is C22H24N4. The molecule has 0 aliphatic carbocycles. The quantitative estimate of drug-likeness (QED) is 0.707. The molecule has 4 nitrogen and oxygen atoms in total. The molecule has 0 bridgehead atoms. The lowest BCUT2D eigenvalue weighted by Gasteiger charge is -2.28. The van der Waals surface area contributed by atoms with E-state index in [1.54, 1.807) is 6.20 Å². The van der Waals surface area contributed by atoms with Crippen LogP contribution in [0.15, 0.2) is 60.8 Å². The lowest BCUT2D eigenvalue weighted by molar-refractivity contribution is 0.578. The molecule has 1 N–H and O–H groups in total. The zero-order chi connectivity index (χ0) is 17.8. The van der Waals surface area contributed by atoms with Crippen LogP contribution in [0.3, 0.4) is 0 Å². The van der Waals surface area contributed by atoms with E-state index in [-0.39, 0.29) is 0 Å². The molecule has 2 aromatic carbocycles. The van der Waals surface area contributed by atoms with E-state index in [0.717, 1.165) is 30.0 Å². The molecule has 0 amide bonds. The number of benzene rings is 2. The van der Waals surface area contributed by atoms with Crippen LogP contribution in [-0.2, 0) is 0 Å². The van der Waals surface area contributed by atoms with Gasteiger partial charge in [0.1, 0.15) is 0 Å². The molecule has 0 saturated carbocycles. The predicted octanol–water partition coefficient (Wildman–Crippen LogP) is 5.19.